The largest absolute Gasteiger partial charge is 0.453 e. The molecule has 0 saturated carbocycles. The Morgan fingerprint density at radius 2 is 0.479 bits per heavy atom. The Labute approximate surface area is 690 Å². The van der Waals surface area contributed by atoms with Crippen molar-refractivity contribution in [1.82, 2.24) is 29.9 Å². The third-order valence-electron chi connectivity index (χ3n) is 20.4. The molecule has 0 saturated heterocycles. The molecular formula is C96H54Br3N9O9. The third-order valence-corrected chi connectivity index (χ3v) is 22.0. The molecule has 0 bridgehead atoms. The van der Waals surface area contributed by atoms with E-state index in [1.165, 1.54) is 0 Å². The smallest absolute Gasteiger partial charge is 0.231 e. The van der Waals surface area contributed by atoms with Crippen LogP contribution < -0.4 is 28.9 Å². The first-order valence-electron chi connectivity index (χ1n) is 37.3. The van der Waals surface area contributed by atoms with Crippen LogP contribution in [0.3, 0.4) is 0 Å². The summed E-state index contributed by atoms with van der Waals surface area (Å²) in [5.41, 5.74) is 22.5. The van der Waals surface area contributed by atoms with Crippen LogP contribution in [-0.2, 0) is 0 Å². The Balaban J connectivity index is 0.000000106. The Morgan fingerprint density at radius 1 is 0.205 bits per heavy atom. The lowest BCUT2D eigenvalue weighted by Crippen LogP contribution is -2.16. The number of ether oxygens (including phenoxy) is 3. The molecule has 0 fully saturated rings. The lowest BCUT2D eigenvalue weighted by molar-refractivity contribution is 0.474. The summed E-state index contributed by atoms with van der Waals surface area (Å²) in [6.07, 6.45) is 0. The van der Waals surface area contributed by atoms with Crippen LogP contribution in [0.5, 0.6) is 34.5 Å². The zero-order chi connectivity index (χ0) is 77.8. The number of nitrogens with zero attached hydrogens (tertiary/aromatic N) is 9. The van der Waals surface area contributed by atoms with Gasteiger partial charge in [-0.05, 0) is 243 Å². The molecule has 117 heavy (non-hydrogen) atoms. The maximum absolute atomic E-state index is 6.77. The van der Waals surface area contributed by atoms with Crippen molar-refractivity contribution in [3.05, 3.63) is 341 Å². The maximum atomic E-state index is 6.77. The Bertz CT molecular complexity index is 6860. The molecule has 558 valence electrons. The lowest BCUT2D eigenvalue weighted by Gasteiger charge is -2.34. The van der Waals surface area contributed by atoms with E-state index >= 15 is 0 Å². The Morgan fingerprint density at radius 3 is 0.812 bits per heavy atom. The van der Waals surface area contributed by atoms with Gasteiger partial charge in [-0.15, -0.1) is 0 Å². The summed E-state index contributed by atoms with van der Waals surface area (Å²) < 4.78 is 59.3. The molecule has 0 spiro atoms. The molecule has 0 N–H and O–H groups in total. The van der Waals surface area contributed by atoms with Crippen LogP contribution >= 0.6 is 47.8 Å². The van der Waals surface area contributed by atoms with Gasteiger partial charge in [-0.2, -0.15) is 0 Å². The standard InChI is InChI=1S/3C32H18BrN3O3/c33-19-15-17-20(18-16-19)36-25-11-5-7-21(31-34-23-9-1-3-13-27(23)37-31)29(25)39-30-22(8-6-12-26(30)36)32-35-24-10-2-4-14-28(24)38-32;33-21-11-13-22(14-12-21)36-25-17-19(31-34-23-5-1-3-7-27(23)38-31)9-15-29(25)37-30-16-10-20(18-26(30)36)32-35-24-6-2-4-8-28(24)39-32;33-21-11-13-22(14-12-21)36-25-15-9-19(31-34-23-5-1-3-7-27(23)38-31)17-29(25)37-30-18-20(10-16-26(30)36)32-35-24-6-2-4-8-28(24)39-32/h3*1-18H. The van der Waals surface area contributed by atoms with Crippen LogP contribution in [0.1, 0.15) is 0 Å². The number of hydrogen-bond donors (Lipinski definition) is 0. The predicted octanol–water partition coefficient (Wildman–Crippen LogP) is 28.9. The molecule has 21 aromatic rings. The second-order valence-corrected chi connectivity index (χ2v) is 30.4. The molecule has 0 radical (unpaired) electrons. The van der Waals surface area contributed by atoms with Crippen molar-refractivity contribution < 1.29 is 40.7 Å². The third kappa shape index (κ3) is 12.6. The van der Waals surface area contributed by atoms with Gasteiger partial charge >= 0.3 is 0 Å². The minimum absolute atomic E-state index is 0.492. The molecule has 18 nitrogen and oxygen atoms in total. The highest BCUT2D eigenvalue weighted by Gasteiger charge is 2.35. The summed E-state index contributed by atoms with van der Waals surface area (Å²) in [6, 6.07) is 107. The quantitative estimate of drug-likeness (QED) is 0.132. The summed E-state index contributed by atoms with van der Waals surface area (Å²) in [7, 11) is 0. The highest BCUT2D eigenvalue weighted by Crippen LogP contribution is 2.58. The highest BCUT2D eigenvalue weighted by atomic mass is 79.9. The van der Waals surface area contributed by atoms with Crippen molar-refractivity contribution in [2.45, 2.75) is 0 Å². The van der Waals surface area contributed by atoms with E-state index in [2.05, 4.69) is 121 Å². The predicted molar refractivity (Wildman–Crippen MR) is 465 cm³/mol. The van der Waals surface area contributed by atoms with E-state index in [0.29, 0.717) is 58.3 Å². The first-order valence-corrected chi connectivity index (χ1v) is 39.7. The molecule has 21 heteroatoms. The highest BCUT2D eigenvalue weighted by molar-refractivity contribution is 9.11. The van der Waals surface area contributed by atoms with Crippen LogP contribution in [0.2, 0.25) is 0 Å². The minimum atomic E-state index is 0.492. The van der Waals surface area contributed by atoms with Gasteiger partial charge in [0.15, 0.2) is 68.0 Å². The zero-order valence-electron chi connectivity index (χ0n) is 61.0. The fourth-order valence-electron chi connectivity index (χ4n) is 14.9. The van der Waals surface area contributed by atoms with Crippen LogP contribution in [-0.4, -0.2) is 29.9 Å². The van der Waals surface area contributed by atoms with Crippen molar-refractivity contribution in [3.63, 3.8) is 0 Å². The summed E-state index contributed by atoms with van der Waals surface area (Å²) >= 11 is 10.7. The summed E-state index contributed by atoms with van der Waals surface area (Å²) in [6.45, 7) is 0. The molecule has 3 aliphatic heterocycles. The van der Waals surface area contributed by atoms with Gasteiger partial charge in [0, 0.05) is 52.7 Å². The van der Waals surface area contributed by atoms with Crippen LogP contribution in [0.4, 0.5) is 51.2 Å². The first-order chi connectivity index (χ1) is 57.6. The van der Waals surface area contributed by atoms with E-state index in [0.717, 1.165) is 176 Å². The van der Waals surface area contributed by atoms with Crippen LogP contribution in [0, 0.1) is 0 Å². The molecule has 0 atom stereocenters. The lowest BCUT2D eigenvalue weighted by atomic mass is 10.0. The molecule has 0 unspecified atom stereocenters. The van der Waals surface area contributed by atoms with E-state index in [9.17, 15) is 0 Å². The number of para-hydroxylation sites is 14. The average molecular weight is 1720 g/mol. The monoisotopic (exact) mass is 1710 g/mol. The van der Waals surface area contributed by atoms with E-state index in [1.807, 2.05) is 279 Å². The van der Waals surface area contributed by atoms with Crippen LogP contribution in [0.15, 0.2) is 368 Å². The number of rotatable bonds is 9. The van der Waals surface area contributed by atoms with E-state index in [1.54, 1.807) is 0 Å². The summed E-state index contributed by atoms with van der Waals surface area (Å²) in [4.78, 5) is 34.8. The van der Waals surface area contributed by atoms with E-state index in [-0.39, 0.29) is 0 Å². The van der Waals surface area contributed by atoms with Crippen molar-refractivity contribution in [3.8, 4) is 103 Å². The van der Waals surface area contributed by atoms with Gasteiger partial charge in [-0.25, -0.2) is 29.9 Å². The molecule has 15 aromatic carbocycles. The second kappa shape index (κ2) is 28.5. The first kappa shape index (κ1) is 69.1. The van der Waals surface area contributed by atoms with Gasteiger partial charge in [0.05, 0.1) is 45.3 Å². The van der Waals surface area contributed by atoms with E-state index < -0.39 is 0 Å². The number of aromatic nitrogens is 6. The normalized spacial score (nSPS) is 12.4. The van der Waals surface area contributed by atoms with Gasteiger partial charge in [0.2, 0.25) is 35.3 Å². The number of hydrogen-bond acceptors (Lipinski definition) is 18. The molecular weight excluding hydrogens is 1660 g/mol. The molecule has 6 aromatic heterocycles. The van der Waals surface area contributed by atoms with Crippen molar-refractivity contribution in [1.29, 1.82) is 0 Å². The SMILES string of the molecule is Brc1ccc(N2c3cc(-c4nc5ccccc5o4)ccc3Oc3ccc(-c4nc5ccccc5o4)cc32)cc1.Brc1ccc(N2c3ccc(-c4nc5ccccc5o4)cc3Oc3cc(-c4nc5ccccc5o4)ccc32)cc1.Brc1ccc(N2c3cccc(-c4nc5ccccc5o4)c3Oc3c(-c4nc5ccccc5o4)cccc32)cc1. The molecule has 0 amide bonds. The molecule has 3 aliphatic rings. The number of anilines is 9. The van der Waals surface area contributed by atoms with Crippen LogP contribution in [0.25, 0.3) is 135 Å². The molecule has 24 rings (SSSR count). The number of halogens is 3. The zero-order valence-corrected chi connectivity index (χ0v) is 65.8. The number of benzene rings is 15. The molecule has 0 aliphatic carbocycles. The maximum Gasteiger partial charge on any atom is 0.231 e. The topological polar surface area (TPSA) is 194 Å². The van der Waals surface area contributed by atoms with Gasteiger partial charge in [0.25, 0.3) is 0 Å². The average Bonchev–Trinajstić information content (AvgIpc) is 1.71. The fraction of sp³-hybridized carbons (Fsp3) is 0. The molecule has 9 heterocycles. The fourth-order valence-corrected chi connectivity index (χ4v) is 15.7. The van der Waals surface area contributed by atoms with Crippen molar-refractivity contribution in [2.24, 2.45) is 0 Å². The summed E-state index contributed by atoms with van der Waals surface area (Å²) in [5, 5.41) is 0. The van der Waals surface area contributed by atoms with Gasteiger partial charge in [-0.3, -0.25) is 0 Å². The van der Waals surface area contributed by atoms with Crippen molar-refractivity contribution >= 4 is 166 Å². The minimum Gasteiger partial charge on any atom is -0.453 e. The Kier molecular flexibility index (Phi) is 16.8. The second-order valence-electron chi connectivity index (χ2n) is 27.7. The Hall–Kier alpha value is -14.6. The van der Waals surface area contributed by atoms with Gasteiger partial charge in [-0.1, -0.05) is 133 Å². The number of oxazole rings is 6. The van der Waals surface area contributed by atoms with Gasteiger partial charge < -0.3 is 55.4 Å². The number of fused-ring (bicyclic) bond motifs is 12. The van der Waals surface area contributed by atoms with Crippen molar-refractivity contribution in [2.75, 3.05) is 14.7 Å². The summed E-state index contributed by atoms with van der Waals surface area (Å²) in [5.74, 6) is 7.33. The van der Waals surface area contributed by atoms with Gasteiger partial charge in [0.1, 0.15) is 33.1 Å². The van der Waals surface area contributed by atoms with E-state index in [4.69, 9.17) is 60.6 Å².